The minimum absolute atomic E-state index is 0.522. The van der Waals surface area contributed by atoms with Gasteiger partial charge in [-0.05, 0) is 37.0 Å². The molecule has 1 aromatic rings. The largest absolute Gasteiger partial charge is 0.310 e. The molecule has 1 aliphatic rings. The zero-order valence-electron chi connectivity index (χ0n) is 12.9. The highest BCUT2D eigenvalue weighted by Gasteiger charge is 2.31. The molecule has 1 heterocycles. The van der Waals surface area contributed by atoms with Gasteiger partial charge in [-0.3, -0.25) is 4.68 Å². The minimum Gasteiger partial charge on any atom is -0.310 e. The summed E-state index contributed by atoms with van der Waals surface area (Å²) in [5.41, 5.74) is 1.81. The maximum Gasteiger partial charge on any atom is 0.0534 e. The third kappa shape index (κ3) is 3.82. The van der Waals surface area contributed by atoms with Crippen LogP contribution in [0.25, 0.3) is 0 Å². The van der Waals surface area contributed by atoms with Gasteiger partial charge >= 0.3 is 0 Å². The molecule has 0 aliphatic heterocycles. The summed E-state index contributed by atoms with van der Waals surface area (Å²) in [6, 6.07) is 0.698. The summed E-state index contributed by atoms with van der Waals surface area (Å²) in [6.45, 7) is 8.15. The monoisotopic (exact) mass is 263 g/mol. The molecular formula is C16H29N3. The molecule has 2 rings (SSSR count). The van der Waals surface area contributed by atoms with E-state index < -0.39 is 0 Å². The first-order valence-corrected chi connectivity index (χ1v) is 7.72. The lowest BCUT2D eigenvalue weighted by Crippen LogP contribution is -2.36. The molecule has 1 N–H and O–H groups in total. The van der Waals surface area contributed by atoms with Crippen molar-refractivity contribution >= 4 is 0 Å². The Morgan fingerprint density at radius 3 is 2.53 bits per heavy atom. The summed E-state index contributed by atoms with van der Waals surface area (Å²) in [7, 11) is 1.97. The molecular weight excluding hydrogens is 234 g/mol. The number of rotatable bonds is 5. The van der Waals surface area contributed by atoms with Crippen molar-refractivity contribution in [2.75, 3.05) is 0 Å². The summed E-state index contributed by atoms with van der Waals surface area (Å²) < 4.78 is 1.87. The molecule has 0 saturated heterocycles. The zero-order chi connectivity index (χ0) is 13.9. The van der Waals surface area contributed by atoms with Gasteiger partial charge in [-0.2, -0.15) is 5.10 Å². The van der Waals surface area contributed by atoms with Crippen LogP contribution in [0.3, 0.4) is 0 Å². The molecule has 3 heteroatoms. The van der Waals surface area contributed by atoms with Crippen molar-refractivity contribution in [3.63, 3.8) is 0 Å². The Morgan fingerprint density at radius 1 is 1.32 bits per heavy atom. The van der Waals surface area contributed by atoms with E-state index in [0.29, 0.717) is 11.5 Å². The number of hydrogen-bond acceptors (Lipinski definition) is 2. The van der Waals surface area contributed by atoms with Gasteiger partial charge in [0.2, 0.25) is 0 Å². The van der Waals surface area contributed by atoms with Gasteiger partial charge in [0.25, 0.3) is 0 Å². The Hall–Kier alpha value is -0.830. The van der Waals surface area contributed by atoms with Crippen LogP contribution in [0.4, 0.5) is 0 Å². The molecule has 1 fully saturated rings. The molecule has 3 nitrogen and oxygen atoms in total. The zero-order valence-corrected chi connectivity index (χ0v) is 12.9. The average molecular weight is 263 g/mol. The summed E-state index contributed by atoms with van der Waals surface area (Å²) in [5, 5.41) is 7.90. The highest BCUT2D eigenvalue weighted by molar-refractivity contribution is 5.03. The van der Waals surface area contributed by atoms with Gasteiger partial charge in [0, 0.05) is 31.4 Å². The van der Waals surface area contributed by atoms with Crippen molar-refractivity contribution in [3.05, 3.63) is 18.0 Å². The van der Waals surface area contributed by atoms with Gasteiger partial charge in [-0.1, -0.05) is 27.2 Å². The van der Waals surface area contributed by atoms with Crippen LogP contribution >= 0.6 is 0 Å². The molecule has 0 radical (unpaired) electrons. The highest BCUT2D eigenvalue weighted by atomic mass is 15.2. The Kier molecular flexibility index (Phi) is 4.67. The van der Waals surface area contributed by atoms with Crippen LogP contribution in [0.5, 0.6) is 0 Å². The lowest BCUT2D eigenvalue weighted by atomic mass is 9.69. The number of aryl methyl sites for hydroxylation is 1. The molecule has 0 aromatic carbocycles. The minimum atomic E-state index is 0.522. The van der Waals surface area contributed by atoms with Crippen molar-refractivity contribution in [2.24, 2.45) is 18.4 Å². The Balaban J connectivity index is 1.74. The number of hydrogen-bond donors (Lipinski definition) is 1. The SMILES string of the molecule is CCC(C)(C)C1CCC(NCc2cnn(C)c2)CC1. The lowest BCUT2D eigenvalue weighted by Gasteiger charge is -2.39. The number of aromatic nitrogens is 2. The van der Waals surface area contributed by atoms with Crippen LogP contribution in [-0.2, 0) is 13.6 Å². The van der Waals surface area contributed by atoms with E-state index in [4.69, 9.17) is 0 Å². The summed E-state index contributed by atoms with van der Waals surface area (Å²) in [5.74, 6) is 0.911. The molecule has 0 unspecified atom stereocenters. The maximum atomic E-state index is 4.21. The van der Waals surface area contributed by atoms with Gasteiger partial charge in [0.1, 0.15) is 0 Å². The fourth-order valence-corrected chi connectivity index (χ4v) is 3.19. The fraction of sp³-hybridized carbons (Fsp3) is 0.812. The first-order chi connectivity index (χ1) is 9.01. The summed E-state index contributed by atoms with van der Waals surface area (Å²) in [4.78, 5) is 0. The first-order valence-electron chi connectivity index (χ1n) is 7.72. The molecule has 1 aliphatic carbocycles. The second kappa shape index (κ2) is 6.08. The third-order valence-corrected chi connectivity index (χ3v) is 5.10. The first kappa shape index (κ1) is 14.6. The molecule has 0 bridgehead atoms. The smallest absolute Gasteiger partial charge is 0.0534 e. The second-order valence-corrected chi connectivity index (χ2v) is 6.79. The van der Waals surface area contributed by atoms with E-state index in [1.54, 1.807) is 0 Å². The quantitative estimate of drug-likeness (QED) is 0.881. The van der Waals surface area contributed by atoms with E-state index in [1.165, 1.54) is 37.7 Å². The Bertz CT molecular complexity index is 386. The van der Waals surface area contributed by atoms with E-state index in [1.807, 2.05) is 17.9 Å². The summed E-state index contributed by atoms with van der Waals surface area (Å²) >= 11 is 0. The average Bonchev–Trinajstić information content (AvgIpc) is 2.83. The molecule has 1 saturated carbocycles. The predicted octanol–water partition coefficient (Wildman–Crippen LogP) is 3.50. The molecule has 0 spiro atoms. The predicted molar refractivity (Wildman–Crippen MR) is 79.9 cm³/mol. The third-order valence-electron chi connectivity index (χ3n) is 5.10. The van der Waals surface area contributed by atoms with Crippen molar-refractivity contribution in [3.8, 4) is 0 Å². The van der Waals surface area contributed by atoms with Crippen LogP contribution in [-0.4, -0.2) is 15.8 Å². The van der Waals surface area contributed by atoms with E-state index in [2.05, 4.69) is 37.4 Å². The fourth-order valence-electron chi connectivity index (χ4n) is 3.19. The van der Waals surface area contributed by atoms with Gasteiger partial charge < -0.3 is 5.32 Å². The normalized spacial score (nSPS) is 24.6. The standard InChI is InChI=1S/C16H29N3/c1-5-16(2,3)14-6-8-15(9-7-14)17-10-13-11-18-19(4)12-13/h11-12,14-15,17H,5-10H2,1-4H3. The van der Waals surface area contributed by atoms with Gasteiger partial charge in [-0.15, -0.1) is 0 Å². The van der Waals surface area contributed by atoms with E-state index >= 15 is 0 Å². The van der Waals surface area contributed by atoms with Crippen LogP contribution in [0.1, 0.15) is 58.4 Å². The van der Waals surface area contributed by atoms with Crippen molar-refractivity contribution in [1.29, 1.82) is 0 Å². The number of nitrogens with one attached hydrogen (secondary N) is 1. The molecule has 0 atom stereocenters. The summed E-state index contributed by atoms with van der Waals surface area (Å²) in [6.07, 6.45) is 10.8. The van der Waals surface area contributed by atoms with E-state index in [9.17, 15) is 0 Å². The van der Waals surface area contributed by atoms with Crippen LogP contribution in [0.15, 0.2) is 12.4 Å². The molecule has 108 valence electrons. The molecule has 0 amide bonds. The second-order valence-electron chi connectivity index (χ2n) is 6.79. The maximum absolute atomic E-state index is 4.21. The van der Waals surface area contributed by atoms with Gasteiger partial charge in [0.15, 0.2) is 0 Å². The number of nitrogens with zero attached hydrogens (tertiary/aromatic N) is 2. The molecule has 19 heavy (non-hydrogen) atoms. The van der Waals surface area contributed by atoms with Crippen LogP contribution in [0.2, 0.25) is 0 Å². The van der Waals surface area contributed by atoms with E-state index in [0.717, 1.165) is 12.5 Å². The molecule has 1 aromatic heterocycles. The van der Waals surface area contributed by atoms with Crippen molar-refractivity contribution in [1.82, 2.24) is 15.1 Å². The Labute approximate surface area is 117 Å². The van der Waals surface area contributed by atoms with Crippen molar-refractivity contribution in [2.45, 2.75) is 65.5 Å². The van der Waals surface area contributed by atoms with Crippen LogP contribution < -0.4 is 5.32 Å². The van der Waals surface area contributed by atoms with E-state index in [-0.39, 0.29) is 0 Å². The highest BCUT2D eigenvalue weighted by Crippen LogP contribution is 2.40. The Morgan fingerprint density at radius 2 is 2.00 bits per heavy atom. The topological polar surface area (TPSA) is 29.9 Å². The van der Waals surface area contributed by atoms with Gasteiger partial charge in [-0.25, -0.2) is 0 Å². The lowest BCUT2D eigenvalue weighted by molar-refractivity contribution is 0.137. The van der Waals surface area contributed by atoms with Crippen molar-refractivity contribution < 1.29 is 0 Å². The van der Waals surface area contributed by atoms with Crippen LogP contribution in [0, 0.1) is 11.3 Å². The van der Waals surface area contributed by atoms with Gasteiger partial charge in [0.05, 0.1) is 6.20 Å².